The van der Waals surface area contributed by atoms with Crippen LogP contribution >= 0.6 is 0 Å². The minimum Gasteiger partial charge on any atom is -0.494 e. The van der Waals surface area contributed by atoms with E-state index in [2.05, 4.69) is 26.2 Å². The monoisotopic (exact) mass is 448 g/mol. The number of hydrogen-bond acceptors (Lipinski definition) is 6. The van der Waals surface area contributed by atoms with E-state index in [1.807, 2.05) is 11.8 Å². The highest BCUT2D eigenvalue weighted by Gasteiger charge is 2.40. The lowest BCUT2D eigenvalue weighted by molar-refractivity contribution is 0.0784. The standard InChI is InChI=1S/C24H25FN6O2/c1-4-33-19-5-6-20(21(11-19)31-26-7-8-27-31)24(32)30-12-17-9-16(10-18(17)13-30)23-28-14(2)22(25)15(3)29-23/h5-9,11,17-18H,4,10,12-13H2,1-3H3. The van der Waals surface area contributed by atoms with Gasteiger partial charge in [-0.05, 0) is 56.7 Å². The molecule has 1 saturated heterocycles. The summed E-state index contributed by atoms with van der Waals surface area (Å²) in [6.45, 7) is 7.02. The first-order valence-electron chi connectivity index (χ1n) is 11.1. The summed E-state index contributed by atoms with van der Waals surface area (Å²) < 4.78 is 19.5. The number of likely N-dealkylation sites (tertiary alicyclic amines) is 1. The Labute approximate surface area is 191 Å². The molecule has 1 aromatic carbocycles. The number of aryl methyl sites for hydroxylation is 2. The highest BCUT2D eigenvalue weighted by molar-refractivity contribution is 5.98. The summed E-state index contributed by atoms with van der Waals surface area (Å²) in [5.41, 5.74) is 2.89. The molecule has 0 saturated carbocycles. The second kappa shape index (κ2) is 8.38. The van der Waals surface area contributed by atoms with Crippen LogP contribution in [-0.4, -0.2) is 55.5 Å². The van der Waals surface area contributed by atoms with Crippen molar-refractivity contribution in [1.82, 2.24) is 29.9 Å². The molecule has 1 amide bonds. The van der Waals surface area contributed by atoms with Crippen LogP contribution in [0.4, 0.5) is 4.39 Å². The maximum absolute atomic E-state index is 13.9. The van der Waals surface area contributed by atoms with Crippen LogP contribution in [-0.2, 0) is 0 Å². The number of fused-ring (bicyclic) bond motifs is 1. The van der Waals surface area contributed by atoms with Crippen molar-refractivity contribution in [2.24, 2.45) is 11.8 Å². The fourth-order valence-electron chi connectivity index (χ4n) is 4.71. The van der Waals surface area contributed by atoms with E-state index in [0.29, 0.717) is 59.8 Å². The smallest absolute Gasteiger partial charge is 0.256 e. The highest BCUT2D eigenvalue weighted by Crippen LogP contribution is 2.41. The molecule has 2 unspecified atom stereocenters. The van der Waals surface area contributed by atoms with Crippen molar-refractivity contribution in [3.05, 3.63) is 65.3 Å². The largest absolute Gasteiger partial charge is 0.494 e. The summed E-state index contributed by atoms with van der Waals surface area (Å²) in [5, 5.41) is 8.42. The lowest BCUT2D eigenvalue weighted by Gasteiger charge is -2.19. The zero-order valence-corrected chi connectivity index (χ0v) is 18.8. The number of halogens is 1. The topological polar surface area (TPSA) is 86.0 Å². The second-order valence-corrected chi connectivity index (χ2v) is 8.49. The number of nitrogens with zero attached hydrogens (tertiary/aromatic N) is 6. The van der Waals surface area contributed by atoms with Gasteiger partial charge in [-0.3, -0.25) is 4.79 Å². The summed E-state index contributed by atoms with van der Waals surface area (Å²) in [6.07, 6.45) is 6.08. The Morgan fingerprint density at radius 2 is 1.88 bits per heavy atom. The van der Waals surface area contributed by atoms with E-state index in [1.165, 1.54) is 4.80 Å². The Balaban J connectivity index is 1.38. The number of hydrogen-bond donors (Lipinski definition) is 0. The predicted octanol–water partition coefficient (Wildman–Crippen LogP) is 3.39. The lowest BCUT2D eigenvalue weighted by atomic mass is 10.00. The SMILES string of the molecule is CCOc1ccc(C(=O)N2CC3C=C(c4nc(C)c(F)c(C)n4)CC3C2)c(-n2nccn2)c1. The molecule has 170 valence electrons. The third kappa shape index (κ3) is 3.88. The van der Waals surface area contributed by atoms with Crippen LogP contribution in [0.5, 0.6) is 5.75 Å². The van der Waals surface area contributed by atoms with Gasteiger partial charge in [0.05, 0.1) is 36.0 Å². The van der Waals surface area contributed by atoms with Crippen molar-refractivity contribution in [1.29, 1.82) is 0 Å². The number of ether oxygens (including phenoxy) is 1. The Morgan fingerprint density at radius 3 is 2.55 bits per heavy atom. The molecule has 1 aliphatic carbocycles. The molecule has 0 bridgehead atoms. The molecule has 8 nitrogen and oxygen atoms in total. The number of carbonyl (C=O) groups is 1. The van der Waals surface area contributed by atoms with Crippen LogP contribution in [0.2, 0.25) is 0 Å². The number of aromatic nitrogens is 5. The average Bonchev–Trinajstić information content (AvgIpc) is 3.53. The van der Waals surface area contributed by atoms with Crippen molar-refractivity contribution in [3.8, 4) is 11.4 Å². The second-order valence-electron chi connectivity index (χ2n) is 8.49. The maximum Gasteiger partial charge on any atom is 0.256 e. The first-order chi connectivity index (χ1) is 15.9. The van der Waals surface area contributed by atoms with E-state index in [9.17, 15) is 9.18 Å². The first kappa shape index (κ1) is 21.2. The van der Waals surface area contributed by atoms with Crippen LogP contribution in [0.15, 0.2) is 36.7 Å². The van der Waals surface area contributed by atoms with Gasteiger partial charge < -0.3 is 9.64 Å². The van der Waals surface area contributed by atoms with Gasteiger partial charge in [0, 0.05) is 19.2 Å². The number of rotatable bonds is 5. The molecular formula is C24H25FN6O2. The quantitative estimate of drug-likeness (QED) is 0.595. The maximum atomic E-state index is 13.9. The first-order valence-corrected chi connectivity index (χ1v) is 11.1. The molecule has 0 N–H and O–H groups in total. The Kier molecular flexibility index (Phi) is 5.39. The van der Waals surface area contributed by atoms with Crippen molar-refractivity contribution in [3.63, 3.8) is 0 Å². The molecular weight excluding hydrogens is 423 g/mol. The van der Waals surface area contributed by atoms with E-state index in [0.717, 1.165) is 12.0 Å². The van der Waals surface area contributed by atoms with Crippen molar-refractivity contribution < 1.29 is 13.9 Å². The average molecular weight is 449 g/mol. The summed E-state index contributed by atoms with van der Waals surface area (Å²) in [5.74, 6) is 1.38. The van der Waals surface area contributed by atoms with Crippen molar-refractivity contribution in [2.75, 3.05) is 19.7 Å². The van der Waals surface area contributed by atoms with Crippen LogP contribution < -0.4 is 4.74 Å². The van der Waals surface area contributed by atoms with Gasteiger partial charge >= 0.3 is 0 Å². The van der Waals surface area contributed by atoms with E-state index in [4.69, 9.17) is 4.74 Å². The van der Waals surface area contributed by atoms with E-state index in [-0.39, 0.29) is 17.6 Å². The molecule has 1 fully saturated rings. The fraction of sp³-hybridized carbons (Fsp3) is 0.375. The summed E-state index contributed by atoms with van der Waals surface area (Å²) >= 11 is 0. The van der Waals surface area contributed by atoms with E-state index >= 15 is 0 Å². The third-order valence-electron chi connectivity index (χ3n) is 6.29. The number of benzene rings is 1. The van der Waals surface area contributed by atoms with Gasteiger partial charge in [-0.2, -0.15) is 15.0 Å². The summed E-state index contributed by atoms with van der Waals surface area (Å²) in [4.78, 5) is 25.5. The van der Waals surface area contributed by atoms with Gasteiger partial charge in [-0.15, -0.1) is 0 Å². The van der Waals surface area contributed by atoms with Crippen LogP contribution in [0.1, 0.15) is 40.9 Å². The molecule has 1 aliphatic heterocycles. The number of amides is 1. The predicted molar refractivity (Wildman–Crippen MR) is 119 cm³/mol. The van der Waals surface area contributed by atoms with Gasteiger partial charge in [0.25, 0.3) is 5.91 Å². The minimum atomic E-state index is -0.354. The fourth-order valence-corrected chi connectivity index (χ4v) is 4.71. The molecule has 33 heavy (non-hydrogen) atoms. The molecule has 9 heteroatoms. The van der Waals surface area contributed by atoms with Gasteiger partial charge in [-0.1, -0.05) is 6.08 Å². The molecule has 2 atom stereocenters. The number of carbonyl (C=O) groups excluding carboxylic acids is 1. The zero-order valence-electron chi connectivity index (χ0n) is 18.8. The Hall–Kier alpha value is -3.62. The Morgan fingerprint density at radius 1 is 1.15 bits per heavy atom. The highest BCUT2D eigenvalue weighted by atomic mass is 19.1. The summed E-state index contributed by atoms with van der Waals surface area (Å²) in [7, 11) is 0. The lowest BCUT2D eigenvalue weighted by Crippen LogP contribution is -2.30. The van der Waals surface area contributed by atoms with Crippen molar-refractivity contribution >= 4 is 11.5 Å². The molecule has 2 aromatic heterocycles. The van der Waals surface area contributed by atoms with Crippen molar-refractivity contribution in [2.45, 2.75) is 27.2 Å². The van der Waals surface area contributed by atoms with Crippen LogP contribution in [0.3, 0.4) is 0 Å². The number of allylic oxidation sites excluding steroid dienone is 1. The molecule has 2 aliphatic rings. The third-order valence-corrected chi connectivity index (χ3v) is 6.29. The molecule has 3 heterocycles. The van der Waals surface area contributed by atoms with Crippen LogP contribution in [0.25, 0.3) is 11.3 Å². The van der Waals surface area contributed by atoms with Gasteiger partial charge in [0.2, 0.25) is 0 Å². The summed E-state index contributed by atoms with van der Waals surface area (Å²) in [6, 6.07) is 5.37. The van der Waals surface area contributed by atoms with E-state index < -0.39 is 0 Å². The van der Waals surface area contributed by atoms with Gasteiger partial charge in [0.15, 0.2) is 11.6 Å². The molecule has 5 rings (SSSR count). The Bertz CT molecular complexity index is 1220. The minimum absolute atomic E-state index is 0.0561. The zero-order chi connectivity index (χ0) is 23.1. The van der Waals surface area contributed by atoms with E-state index in [1.54, 1.807) is 44.4 Å². The molecule has 3 aromatic rings. The van der Waals surface area contributed by atoms with Gasteiger partial charge in [-0.25, -0.2) is 14.4 Å². The van der Waals surface area contributed by atoms with Crippen LogP contribution in [0, 0.1) is 31.5 Å². The molecule has 0 spiro atoms. The normalized spacial score (nSPS) is 19.5. The van der Waals surface area contributed by atoms with Gasteiger partial charge in [0.1, 0.15) is 11.4 Å². The molecule has 0 radical (unpaired) electrons.